The summed E-state index contributed by atoms with van der Waals surface area (Å²) in [6, 6.07) is 13.5. The lowest BCUT2D eigenvalue weighted by atomic mass is 10.2. The first-order valence-corrected chi connectivity index (χ1v) is 9.18. The van der Waals surface area contributed by atoms with Crippen LogP contribution in [0.5, 0.6) is 0 Å². The number of hydrogen-bond acceptors (Lipinski definition) is 4. The summed E-state index contributed by atoms with van der Waals surface area (Å²) >= 11 is 0. The number of anilines is 1. The molecule has 0 bridgehead atoms. The molecule has 10 heteroatoms. The fourth-order valence-electron chi connectivity index (χ4n) is 3.11. The molecule has 2 heterocycles. The van der Waals surface area contributed by atoms with Gasteiger partial charge in [0.2, 0.25) is 5.91 Å². The number of halogens is 3. The minimum absolute atomic E-state index is 0.0927. The third-order valence-electron chi connectivity index (χ3n) is 4.80. The van der Waals surface area contributed by atoms with E-state index >= 15 is 0 Å². The standard InChI is InChI=1S/C21H16F3N5O2/c1-27(15-7-3-2-4-8-15)18(30)12-28-13-25-19-17(20(28)31)11-26-29(19)16-9-5-6-14(10-16)21(22,23)24/h2-11,13H,12H2,1H3. The quantitative estimate of drug-likeness (QED) is 0.501. The van der Waals surface area contributed by atoms with E-state index in [2.05, 4.69) is 10.1 Å². The number of benzene rings is 2. The summed E-state index contributed by atoms with van der Waals surface area (Å²) in [7, 11) is 1.60. The zero-order valence-electron chi connectivity index (χ0n) is 16.2. The predicted molar refractivity (Wildman–Crippen MR) is 108 cm³/mol. The van der Waals surface area contributed by atoms with Crippen LogP contribution in [0.25, 0.3) is 16.7 Å². The Balaban J connectivity index is 1.66. The third-order valence-corrected chi connectivity index (χ3v) is 4.80. The van der Waals surface area contributed by atoms with Crippen molar-refractivity contribution in [1.29, 1.82) is 0 Å². The molecule has 0 saturated carbocycles. The summed E-state index contributed by atoms with van der Waals surface area (Å²) in [6.07, 6.45) is -2.09. The molecule has 1 amide bonds. The van der Waals surface area contributed by atoms with Crippen molar-refractivity contribution in [3.8, 4) is 5.69 Å². The van der Waals surface area contributed by atoms with Crippen molar-refractivity contribution < 1.29 is 18.0 Å². The lowest BCUT2D eigenvalue weighted by molar-refractivity contribution is -0.137. The minimum atomic E-state index is -4.51. The second-order valence-electron chi connectivity index (χ2n) is 6.81. The number of alkyl halides is 3. The number of aromatic nitrogens is 4. The Bertz CT molecular complexity index is 1310. The van der Waals surface area contributed by atoms with Crippen molar-refractivity contribution in [3.63, 3.8) is 0 Å². The molecule has 2 aromatic heterocycles. The maximum absolute atomic E-state index is 13.0. The van der Waals surface area contributed by atoms with Crippen molar-refractivity contribution >= 4 is 22.6 Å². The summed E-state index contributed by atoms with van der Waals surface area (Å²) in [5.41, 5.74) is -0.458. The van der Waals surface area contributed by atoms with Gasteiger partial charge in [-0.25, -0.2) is 9.67 Å². The number of fused-ring (bicyclic) bond motifs is 1. The van der Waals surface area contributed by atoms with E-state index in [1.54, 1.807) is 31.3 Å². The second kappa shape index (κ2) is 7.71. The molecular formula is C21H16F3N5O2. The highest BCUT2D eigenvalue weighted by Gasteiger charge is 2.30. The number of hydrogen-bond donors (Lipinski definition) is 0. The molecular weight excluding hydrogens is 411 g/mol. The molecule has 0 radical (unpaired) electrons. The van der Waals surface area contributed by atoms with Crippen LogP contribution in [0.2, 0.25) is 0 Å². The number of rotatable bonds is 4. The van der Waals surface area contributed by atoms with Crippen LogP contribution in [0, 0.1) is 0 Å². The number of para-hydroxylation sites is 1. The highest BCUT2D eigenvalue weighted by molar-refractivity contribution is 5.92. The zero-order chi connectivity index (χ0) is 22.2. The predicted octanol–water partition coefficient (Wildman–Crippen LogP) is 3.26. The Morgan fingerprint density at radius 3 is 2.55 bits per heavy atom. The Morgan fingerprint density at radius 2 is 1.84 bits per heavy atom. The lowest BCUT2D eigenvalue weighted by Gasteiger charge is -2.17. The van der Waals surface area contributed by atoms with Crippen LogP contribution in [0.4, 0.5) is 18.9 Å². The van der Waals surface area contributed by atoms with E-state index in [4.69, 9.17) is 0 Å². The van der Waals surface area contributed by atoms with Gasteiger partial charge in [0.1, 0.15) is 18.3 Å². The van der Waals surface area contributed by atoms with Gasteiger partial charge in [0.05, 0.1) is 17.4 Å². The Labute approximate surface area is 174 Å². The molecule has 0 aliphatic heterocycles. The third kappa shape index (κ3) is 3.91. The number of carbonyl (C=O) groups is 1. The summed E-state index contributed by atoms with van der Waals surface area (Å²) in [4.78, 5) is 31.0. The molecule has 4 rings (SSSR count). The van der Waals surface area contributed by atoms with Crippen molar-refractivity contribution in [2.75, 3.05) is 11.9 Å². The topological polar surface area (TPSA) is 73.0 Å². The van der Waals surface area contributed by atoms with Crippen LogP contribution < -0.4 is 10.5 Å². The maximum Gasteiger partial charge on any atom is 0.416 e. The Morgan fingerprint density at radius 1 is 1.10 bits per heavy atom. The van der Waals surface area contributed by atoms with Gasteiger partial charge in [-0.2, -0.15) is 18.3 Å². The van der Waals surface area contributed by atoms with Crippen LogP contribution in [-0.2, 0) is 17.5 Å². The average Bonchev–Trinajstić information content (AvgIpc) is 3.20. The molecule has 158 valence electrons. The summed E-state index contributed by atoms with van der Waals surface area (Å²) in [5, 5.41) is 4.12. The Hall–Kier alpha value is -3.95. The molecule has 2 aromatic carbocycles. The van der Waals surface area contributed by atoms with E-state index in [-0.39, 0.29) is 29.2 Å². The summed E-state index contributed by atoms with van der Waals surface area (Å²) < 4.78 is 41.3. The molecule has 0 aliphatic carbocycles. The monoisotopic (exact) mass is 427 g/mol. The van der Waals surface area contributed by atoms with Gasteiger partial charge in [-0.15, -0.1) is 0 Å². The fraction of sp³-hybridized carbons (Fsp3) is 0.143. The molecule has 0 unspecified atom stereocenters. The molecule has 0 fully saturated rings. The first kappa shape index (κ1) is 20.3. The molecule has 0 spiro atoms. The number of likely N-dealkylation sites (N-methyl/N-ethyl adjacent to an activating group) is 1. The maximum atomic E-state index is 13.0. The van der Waals surface area contributed by atoms with Gasteiger partial charge in [-0.3, -0.25) is 14.2 Å². The molecule has 4 aromatic rings. The summed E-state index contributed by atoms with van der Waals surface area (Å²) in [5.74, 6) is -0.334. The normalized spacial score (nSPS) is 11.6. The zero-order valence-corrected chi connectivity index (χ0v) is 16.2. The molecule has 0 atom stereocenters. The van der Waals surface area contributed by atoms with Gasteiger partial charge >= 0.3 is 6.18 Å². The van der Waals surface area contributed by atoms with Gasteiger partial charge in [-0.1, -0.05) is 24.3 Å². The molecule has 0 saturated heterocycles. The van der Waals surface area contributed by atoms with Crippen LogP contribution >= 0.6 is 0 Å². The van der Waals surface area contributed by atoms with Crippen molar-refractivity contribution in [2.24, 2.45) is 0 Å². The molecule has 31 heavy (non-hydrogen) atoms. The van der Waals surface area contributed by atoms with E-state index in [0.717, 1.165) is 21.4 Å². The SMILES string of the molecule is CN(C(=O)Cn1cnc2c(cnn2-c2cccc(C(F)(F)F)c2)c1=O)c1ccccc1. The van der Waals surface area contributed by atoms with Crippen LogP contribution in [0.15, 0.2) is 71.9 Å². The van der Waals surface area contributed by atoms with Crippen molar-refractivity contribution in [2.45, 2.75) is 12.7 Å². The van der Waals surface area contributed by atoms with Crippen LogP contribution in [0.3, 0.4) is 0 Å². The van der Waals surface area contributed by atoms with Crippen molar-refractivity contribution in [1.82, 2.24) is 19.3 Å². The highest BCUT2D eigenvalue weighted by Crippen LogP contribution is 2.30. The summed E-state index contributed by atoms with van der Waals surface area (Å²) in [6.45, 7) is -0.248. The van der Waals surface area contributed by atoms with E-state index < -0.39 is 17.3 Å². The fourth-order valence-corrected chi connectivity index (χ4v) is 3.11. The number of carbonyl (C=O) groups excluding carboxylic acids is 1. The Kier molecular flexibility index (Phi) is 5.05. The minimum Gasteiger partial charge on any atom is -0.314 e. The highest BCUT2D eigenvalue weighted by atomic mass is 19.4. The van der Waals surface area contributed by atoms with Gasteiger partial charge in [0.25, 0.3) is 5.56 Å². The first-order valence-electron chi connectivity index (χ1n) is 9.18. The van der Waals surface area contributed by atoms with Gasteiger partial charge in [0, 0.05) is 12.7 Å². The van der Waals surface area contributed by atoms with Gasteiger partial charge in [-0.05, 0) is 30.3 Å². The lowest BCUT2D eigenvalue weighted by Crippen LogP contribution is -2.34. The van der Waals surface area contributed by atoms with E-state index in [0.29, 0.717) is 5.69 Å². The van der Waals surface area contributed by atoms with Crippen LogP contribution in [-0.4, -0.2) is 32.3 Å². The van der Waals surface area contributed by atoms with Gasteiger partial charge < -0.3 is 4.90 Å². The molecule has 0 N–H and O–H groups in total. The number of amides is 1. The van der Waals surface area contributed by atoms with E-state index in [1.165, 1.54) is 29.6 Å². The number of nitrogens with zero attached hydrogens (tertiary/aromatic N) is 5. The average molecular weight is 427 g/mol. The van der Waals surface area contributed by atoms with Crippen molar-refractivity contribution in [3.05, 3.63) is 83.0 Å². The van der Waals surface area contributed by atoms with E-state index in [9.17, 15) is 22.8 Å². The smallest absolute Gasteiger partial charge is 0.314 e. The first-order chi connectivity index (χ1) is 14.8. The largest absolute Gasteiger partial charge is 0.416 e. The van der Waals surface area contributed by atoms with E-state index in [1.807, 2.05) is 6.07 Å². The second-order valence-corrected chi connectivity index (χ2v) is 6.81. The molecule has 7 nitrogen and oxygen atoms in total. The molecule has 0 aliphatic rings. The van der Waals surface area contributed by atoms with Gasteiger partial charge in [0.15, 0.2) is 5.65 Å². The van der Waals surface area contributed by atoms with Crippen LogP contribution in [0.1, 0.15) is 5.56 Å².